The number of aromatic amines is 2. The minimum absolute atomic E-state index is 0.0998. The molecule has 1 aliphatic heterocycles. The first-order valence-electron chi connectivity index (χ1n) is 8.43. The summed E-state index contributed by atoms with van der Waals surface area (Å²) in [6.45, 7) is 2.63. The third-order valence-electron chi connectivity index (χ3n) is 4.78. The lowest BCUT2D eigenvalue weighted by atomic mass is 10.00. The zero-order chi connectivity index (χ0) is 17.7. The van der Waals surface area contributed by atoms with Gasteiger partial charge >= 0.3 is 0 Å². The molecule has 4 aromatic rings. The van der Waals surface area contributed by atoms with Gasteiger partial charge in [0, 0.05) is 29.0 Å². The van der Waals surface area contributed by atoms with Crippen LogP contribution in [-0.4, -0.2) is 36.8 Å². The fourth-order valence-corrected chi connectivity index (χ4v) is 4.69. The molecule has 0 aromatic carbocycles. The topological polar surface area (TPSA) is 101 Å². The van der Waals surface area contributed by atoms with E-state index in [9.17, 15) is 4.79 Å². The van der Waals surface area contributed by atoms with E-state index in [0.29, 0.717) is 11.3 Å². The van der Waals surface area contributed by atoms with E-state index in [2.05, 4.69) is 25.5 Å². The molecule has 0 saturated heterocycles. The highest BCUT2D eigenvalue weighted by atomic mass is 32.1. The Morgan fingerprint density at radius 3 is 3.12 bits per heavy atom. The molecule has 5 rings (SSSR count). The summed E-state index contributed by atoms with van der Waals surface area (Å²) < 4.78 is 8.53. The van der Waals surface area contributed by atoms with Gasteiger partial charge in [0.05, 0.1) is 29.9 Å². The Morgan fingerprint density at radius 1 is 1.42 bits per heavy atom. The molecule has 5 heterocycles. The van der Waals surface area contributed by atoms with Crippen molar-refractivity contribution in [1.82, 2.24) is 30.2 Å². The van der Waals surface area contributed by atoms with Crippen LogP contribution >= 0.6 is 11.3 Å². The molecule has 0 spiro atoms. The van der Waals surface area contributed by atoms with Crippen molar-refractivity contribution in [3.8, 4) is 16.2 Å². The number of aryl methyl sites for hydroxylation is 1. The Labute approximate surface area is 151 Å². The Hall–Kier alpha value is -2.94. The number of ether oxygens (including phenoxy) is 1. The van der Waals surface area contributed by atoms with Gasteiger partial charge in [-0.3, -0.25) is 9.89 Å². The minimum Gasteiger partial charge on any atom is -0.491 e. The van der Waals surface area contributed by atoms with E-state index in [0.717, 1.165) is 45.7 Å². The Balaban J connectivity index is 1.82. The SMILES string of the molecule is C[C@@H](c1[nH]c(=O)c2sc(-c3cn[nH]c3)c3c2c1CCCO3)n1ccnn1. The van der Waals surface area contributed by atoms with Crippen LogP contribution in [0.4, 0.5) is 0 Å². The summed E-state index contributed by atoms with van der Waals surface area (Å²) in [7, 11) is 0. The zero-order valence-electron chi connectivity index (χ0n) is 14.0. The van der Waals surface area contributed by atoms with E-state index in [4.69, 9.17) is 4.74 Å². The molecule has 0 saturated carbocycles. The van der Waals surface area contributed by atoms with Crippen molar-refractivity contribution in [3.63, 3.8) is 0 Å². The fourth-order valence-electron chi connectivity index (χ4n) is 3.54. The van der Waals surface area contributed by atoms with Crippen LogP contribution in [0.2, 0.25) is 0 Å². The van der Waals surface area contributed by atoms with Crippen LogP contribution in [0.25, 0.3) is 20.5 Å². The second kappa shape index (κ2) is 5.80. The number of nitrogens with zero attached hydrogens (tertiary/aromatic N) is 4. The summed E-state index contributed by atoms with van der Waals surface area (Å²) in [5.41, 5.74) is 2.83. The number of pyridine rings is 1. The van der Waals surface area contributed by atoms with Gasteiger partial charge in [-0.05, 0) is 25.3 Å². The van der Waals surface area contributed by atoms with E-state index in [1.807, 2.05) is 13.1 Å². The highest BCUT2D eigenvalue weighted by Crippen LogP contribution is 2.46. The molecule has 4 aromatic heterocycles. The lowest BCUT2D eigenvalue weighted by molar-refractivity contribution is 0.321. The summed E-state index contributed by atoms with van der Waals surface area (Å²) in [5, 5.41) is 15.8. The first-order valence-corrected chi connectivity index (χ1v) is 9.25. The van der Waals surface area contributed by atoms with Crippen molar-refractivity contribution in [1.29, 1.82) is 0 Å². The van der Waals surface area contributed by atoms with E-state index in [1.165, 1.54) is 11.3 Å². The molecular weight excluding hydrogens is 352 g/mol. The highest BCUT2D eigenvalue weighted by Gasteiger charge is 2.27. The number of thiophene rings is 1. The quantitative estimate of drug-likeness (QED) is 0.578. The Bertz CT molecular complexity index is 1130. The van der Waals surface area contributed by atoms with Crippen LogP contribution in [0, 0.1) is 0 Å². The number of rotatable bonds is 3. The normalized spacial score (nSPS) is 15.0. The van der Waals surface area contributed by atoms with Gasteiger partial charge < -0.3 is 9.72 Å². The number of hydrogen-bond donors (Lipinski definition) is 2. The van der Waals surface area contributed by atoms with Crippen molar-refractivity contribution in [2.45, 2.75) is 25.8 Å². The van der Waals surface area contributed by atoms with Gasteiger partial charge in [0.15, 0.2) is 0 Å². The van der Waals surface area contributed by atoms with Gasteiger partial charge in [0.2, 0.25) is 0 Å². The Kier molecular flexibility index (Phi) is 3.42. The van der Waals surface area contributed by atoms with Crippen molar-refractivity contribution < 1.29 is 4.74 Å². The molecule has 26 heavy (non-hydrogen) atoms. The number of nitrogens with one attached hydrogen (secondary N) is 2. The van der Waals surface area contributed by atoms with Crippen LogP contribution in [0.1, 0.15) is 30.6 Å². The van der Waals surface area contributed by atoms with Gasteiger partial charge in [-0.2, -0.15) is 5.10 Å². The van der Waals surface area contributed by atoms with Crippen molar-refractivity contribution in [2.75, 3.05) is 6.61 Å². The number of aromatic nitrogens is 6. The van der Waals surface area contributed by atoms with E-state index in [-0.39, 0.29) is 11.6 Å². The Morgan fingerprint density at radius 2 is 2.35 bits per heavy atom. The first kappa shape index (κ1) is 15.3. The second-order valence-corrected chi connectivity index (χ2v) is 7.33. The predicted molar refractivity (Wildman–Crippen MR) is 97.7 cm³/mol. The third kappa shape index (κ3) is 2.20. The molecule has 0 aliphatic carbocycles. The van der Waals surface area contributed by atoms with Crippen LogP contribution in [0.15, 0.2) is 29.6 Å². The maximum Gasteiger partial charge on any atom is 0.266 e. The molecule has 0 bridgehead atoms. The summed E-state index contributed by atoms with van der Waals surface area (Å²) in [6, 6.07) is -0.118. The van der Waals surface area contributed by atoms with E-state index < -0.39 is 0 Å². The molecule has 0 amide bonds. The minimum atomic E-state index is -0.118. The lowest BCUT2D eigenvalue weighted by Crippen LogP contribution is -2.18. The fraction of sp³-hybridized carbons (Fsp3) is 0.294. The molecule has 0 radical (unpaired) electrons. The summed E-state index contributed by atoms with van der Waals surface area (Å²) in [4.78, 5) is 16.9. The molecule has 0 fully saturated rings. The molecule has 8 nitrogen and oxygen atoms in total. The largest absolute Gasteiger partial charge is 0.491 e. The second-order valence-electron chi connectivity index (χ2n) is 6.31. The lowest BCUT2D eigenvalue weighted by Gasteiger charge is -2.16. The molecule has 132 valence electrons. The zero-order valence-corrected chi connectivity index (χ0v) is 14.8. The van der Waals surface area contributed by atoms with E-state index >= 15 is 0 Å². The average molecular weight is 368 g/mol. The molecule has 9 heteroatoms. The smallest absolute Gasteiger partial charge is 0.266 e. The van der Waals surface area contributed by atoms with Gasteiger partial charge in [-0.1, -0.05) is 5.21 Å². The summed E-state index contributed by atoms with van der Waals surface area (Å²) >= 11 is 1.45. The molecule has 2 N–H and O–H groups in total. The van der Waals surface area contributed by atoms with Gasteiger partial charge in [-0.25, -0.2) is 4.68 Å². The van der Waals surface area contributed by atoms with Crippen LogP contribution in [-0.2, 0) is 6.42 Å². The number of H-pyrrole nitrogens is 2. The van der Waals surface area contributed by atoms with Gasteiger partial charge in [0.1, 0.15) is 10.4 Å². The number of hydrogen-bond acceptors (Lipinski definition) is 6. The van der Waals surface area contributed by atoms with Crippen LogP contribution in [0.3, 0.4) is 0 Å². The molecule has 1 atom stereocenters. The summed E-state index contributed by atoms with van der Waals surface area (Å²) in [5.74, 6) is 0.789. The third-order valence-corrected chi connectivity index (χ3v) is 6.00. The molecule has 0 unspecified atom stereocenters. The van der Waals surface area contributed by atoms with Crippen LogP contribution < -0.4 is 10.3 Å². The first-order chi connectivity index (χ1) is 12.7. The monoisotopic (exact) mass is 368 g/mol. The predicted octanol–water partition coefficient (Wildman–Crippen LogP) is 2.51. The standard InChI is InChI=1S/C17H16N6O2S/c1-9(23-5-4-18-22-23)13-11-3-2-6-25-14-12(11)16(17(24)21-13)26-15(14)10-7-19-20-8-10/h4-5,7-9H,2-3,6H2,1H3,(H,19,20)(H,21,24)/t9-/m0/s1. The van der Waals surface area contributed by atoms with Crippen molar-refractivity contribution in [3.05, 3.63) is 46.4 Å². The van der Waals surface area contributed by atoms with Crippen LogP contribution in [0.5, 0.6) is 5.75 Å². The molecule has 1 aliphatic rings. The maximum atomic E-state index is 12.8. The van der Waals surface area contributed by atoms with Crippen molar-refractivity contribution >= 4 is 21.4 Å². The molecular formula is C17H16N6O2S. The van der Waals surface area contributed by atoms with Gasteiger partial charge in [0.25, 0.3) is 5.56 Å². The highest BCUT2D eigenvalue weighted by molar-refractivity contribution is 7.22. The maximum absolute atomic E-state index is 12.8. The average Bonchev–Trinajstić information content (AvgIpc) is 3.37. The van der Waals surface area contributed by atoms with E-state index in [1.54, 1.807) is 23.3 Å². The summed E-state index contributed by atoms with van der Waals surface area (Å²) in [6.07, 6.45) is 8.75. The van der Waals surface area contributed by atoms with Gasteiger partial charge in [-0.15, -0.1) is 16.4 Å². The van der Waals surface area contributed by atoms with Crippen molar-refractivity contribution in [2.24, 2.45) is 0 Å².